The van der Waals surface area contributed by atoms with Crippen molar-refractivity contribution in [1.82, 2.24) is 0 Å². The molecule has 29 heavy (non-hydrogen) atoms. The zero-order valence-electron chi connectivity index (χ0n) is 15.1. The first-order valence-corrected chi connectivity index (χ1v) is 8.95. The Hall–Kier alpha value is -4.07. The second-order valence-electron chi connectivity index (χ2n) is 6.62. The number of nitro groups is 1. The van der Waals surface area contributed by atoms with Crippen molar-refractivity contribution in [3.63, 3.8) is 0 Å². The van der Waals surface area contributed by atoms with Gasteiger partial charge in [-0.15, -0.1) is 0 Å². The fourth-order valence-electron chi connectivity index (χ4n) is 3.65. The molecule has 0 spiro atoms. The second kappa shape index (κ2) is 6.52. The highest BCUT2D eigenvalue weighted by atomic mass is 16.7. The molecule has 0 saturated carbocycles. The first-order valence-electron chi connectivity index (χ1n) is 8.95. The van der Waals surface area contributed by atoms with Crippen molar-refractivity contribution in [2.24, 2.45) is 0 Å². The summed E-state index contributed by atoms with van der Waals surface area (Å²) in [4.78, 5) is 26.2. The Balaban J connectivity index is 1.72. The van der Waals surface area contributed by atoms with Gasteiger partial charge in [-0.1, -0.05) is 30.3 Å². The summed E-state index contributed by atoms with van der Waals surface area (Å²) in [6.45, 7) is -0.00179. The number of nitrogens with one attached hydrogen (secondary N) is 1. The van der Waals surface area contributed by atoms with Crippen LogP contribution in [0.1, 0.15) is 22.1 Å². The van der Waals surface area contributed by atoms with Crippen molar-refractivity contribution in [1.29, 1.82) is 0 Å². The summed E-state index contributed by atoms with van der Waals surface area (Å²) < 4.78 is 10.7. The number of fused-ring (bicyclic) bond motifs is 2. The third-order valence-electron chi connectivity index (χ3n) is 4.97. The van der Waals surface area contributed by atoms with E-state index in [9.17, 15) is 14.9 Å². The number of nitrogens with zero attached hydrogens (tertiary/aromatic N) is 2. The minimum atomic E-state index is -0.797. The summed E-state index contributed by atoms with van der Waals surface area (Å²) in [5, 5.41) is 15.1. The van der Waals surface area contributed by atoms with Gasteiger partial charge in [-0.3, -0.25) is 19.8 Å². The van der Waals surface area contributed by atoms with E-state index >= 15 is 0 Å². The SMILES string of the molecule is O=C1c2ccccc2N[C@H](c2cc3c(cc2[N+](=O)[O-])OCO3)N1c1ccccc1. The van der Waals surface area contributed by atoms with Crippen molar-refractivity contribution in [3.8, 4) is 11.5 Å². The van der Waals surface area contributed by atoms with E-state index in [2.05, 4.69) is 5.32 Å². The lowest BCUT2D eigenvalue weighted by atomic mass is 10.0. The molecule has 3 aromatic rings. The minimum absolute atomic E-state index is 0.00179. The molecule has 2 aliphatic heterocycles. The minimum Gasteiger partial charge on any atom is -0.454 e. The summed E-state index contributed by atoms with van der Waals surface area (Å²) in [6, 6.07) is 19.1. The number of ether oxygens (including phenoxy) is 2. The van der Waals surface area contributed by atoms with Crippen LogP contribution in [0.5, 0.6) is 11.5 Å². The number of carbonyl (C=O) groups is 1. The van der Waals surface area contributed by atoms with Crippen LogP contribution in [-0.2, 0) is 0 Å². The van der Waals surface area contributed by atoms with Gasteiger partial charge in [-0.05, 0) is 30.3 Å². The number of hydrogen-bond donors (Lipinski definition) is 1. The Morgan fingerprint density at radius 3 is 2.45 bits per heavy atom. The zero-order chi connectivity index (χ0) is 20.0. The van der Waals surface area contributed by atoms with Crippen molar-refractivity contribution < 1.29 is 19.2 Å². The number of anilines is 2. The van der Waals surface area contributed by atoms with Crippen LogP contribution in [0.2, 0.25) is 0 Å². The third kappa shape index (κ3) is 2.73. The molecular weight excluding hydrogens is 374 g/mol. The predicted molar refractivity (Wildman–Crippen MR) is 105 cm³/mol. The highest BCUT2D eigenvalue weighted by Crippen LogP contribution is 2.44. The Morgan fingerprint density at radius 2 is 1.69 bits per heavy atom. The number of para-hydroxylation sites is 2. The van der Waals surface area contributed by atoms with E-state index in [1.807, 2.05) is 24.3 Å². The highest BCUT2D eigenvalue weighted by molar-refractivity contribution is 6.12. The number of hydrogen-bond acceptors (Lipinski definition) is 6. The van der Waals surface area contributed by atoms with Gasteiger partial charge in [0.15, 0.2) is 11.5 Å². The zero-order valence-corrected chi connectivity index (χ0v) is 15.1. The summed E-state index contributed by atoms with van der Waals surface area (Å²) >= 11 is 0. The summed E-state index contributed by atoms with van der Waals surface area (Å²) in [5.74, 6) is 0.475. The molecule has 0 saturated heterocycles. The Kier molecular flexibility index (Phi) is 3.83. The molecule has 0 radical (unpaired) electrons. The van der Waals surface area contributed by atoms with E-state index < -0.39 is 11.1 Å². The lowest BCUT2D eigenvalue weighted by molar-refractivity contribution is -0.385. The molecule has 8 heteroatoms. The van der Waals surface area contributed by atoms with Gasteiger partial charge < -0.3 is 14.8 Å². The van der Waals surface area contributed by atoms with Crippen molar-refractivity contribution in [3.05, 3.63) is 88.0 Å². The predicted octanol–water partition coefficient (Wildman–Crippen LogP) is 4.09. The molecule has 0 aliphatic carbocycles. The Bertz CT molecular complexity index is 1130. The number of rotatable bonds is 3. The fraction of sp³-hybridized carbons (Fsp3) is 0.0952. The van der Waals surface area contributed by atoms with Crippen LogP contribution in [0.4, 0.5) is 17.1 Å². The van der Waals surface area contributed by atoms with Crippen LogP contribution in [0.25, 0.3) is 0 Å². The van der Waals surface area contributed by atoms with E-state index in [4.69, 9.17) is 9.47 Å². The normalized spacial score (nSPS) is 16.9. The van der Waals surface area contributed by atoms with Gasteiger partial charge in [0.1, 0.15) is 6.17 Å². The lowest BCUT2D eigenvalue weighted by Crippen LogP contribution is -2.43. The number of amides is 1. The van der Waals surface area contributed by atoms with Crippen molar-refractivity contribution >= 4 is 23.0 Å². The molecule has 1 N–H and O–H groups in total. The van der Waals surface area contributed by atoms with Crippen LogP contribution in [0.3, 0.4) is 0 Å². The smallest absolute Gasteiger partial charge is 0.280 e. The van der Waals surface area contributed by atoms with Crippen LogP contribution in [0, 0.1) is 10.1 Å². The van der Waals surface area contributed by atoms with Crippen LogP contribution in [-0.4, -0.2) is 17.6 Å². The van der Waals surface area contributed by atoms with Gasteiger partial charge in [0.2, 0.25) is 6.79 Å². The maximum Gasteiger partial charge on any atom is 0.280 e. The molecule has 2 aliphatic rings. The van der Waals surface area contributed by atoms with E-state index in [1.165, 1.54) is 11.0 Å². The molecule has 3 aromatic carbocycles. The van der Waals surface area contributed by atoms with Crippen LogP contribution < -0.4 is 19.7 Å². The molecule has 1 amide bonds. The van der Waals surface area contributed by atoms with E-state index in [0.717, 1.165) is 0 Å². The van der Waals surface area contributed by atoms with E-state index in [0.29, 0.717) is 34.0 Å². The maximum atomic E-state index is 13.4. The number of benzene rings is 3. The Morgan fingerprint density at radius 1 is 1.00 bits per heavy atom. The molecule has 0 unspecified atom stereocenters. The summed E-state index contributed by atoms with van der Waals surface area (Å²) in [5.41, 5.74) is 1.89. The van der Waals surface area contributed by atoms with Crippen LogP contribution in [0.15, 0.2) is 66.7 Å². The number of carbonyl (C=O) groups excluding carboxylic acids is 1. The molecule has 5 rings (SSSR count). The van der Waals surface area contributed by atoms with E-state index in [1.54, 1.807) is 36.4 Å². The van der Waals surface area contributed by atoms with Gasteiger partial charge in [0.05, 0.1) is 22.1 Å². The highest BCUT2D eigenvalue weighted by Gasteiger charge is 2.38. The van der Waals surface area contributed by atoms with Crippen LogP contribution >= 0.6 is 0 Å². The molecule has 2 heterocycles. The van der Waals surface area contributed by atoms with Crippen molar-refractivity contribution in [2.45, 2.75) is 6.17 Å². The first kappa shape index (κ1) is 17.1. The molecular formula is C21H15N3O5. The van der Waals surface area contributed by atoms with Gasteiger partial charge in [0.25, 0.3) is 11.6 Å². The van der Waals surface area contributed by atoms with Gasteiger partial charge in [-0.2, -0.15) is 0 Å². The molecule has 144 valence electrons. The molecule has 0 bridgehead atoms. The average molecular weight is 389 g/mol. The van der Waals surface area contributed by atoms with Gasteiger partial charge in [-0.25, -0.2) is 0 Å². The molecule has 0 aromatic heterocycles. The summed E-state index contributed by atoms with van der Waals surface area (Å²) in [6.07, 6.45) is -0.797. The number of nitro benzene ring substituents is 1. The lowest BCUT2D eigenvalue weighted by Gasteiger charge is -2.37. The average Bonchev–Trinajstić information content (AvgIpc) is 3.21. The topological polar surface area (TPSA) is 93.9 Å². The quantitative estimate of drug-likeness (QED) is 0.536. The maximum absolute atomic E-state index is 13.4. The molecule has 8 nitrogen and oxygen atoms in total. The summed E-state index contributed by atoms with van der Waals surface area (Å²) in [7, 11) is 0. The first-order chi connectivity index (χ1) is 14.1. The fourth-order valence-corrected chi connectivity index (χ4v) is 3.65. The monoisotopic (exact) mass is 389 g/mol. The molecule has 1 atom stereocenters. The molecule has 0 fully saturated rings. The van der Waals surface area contributed by atoms with Crippen molar-refractivity contribution in [2.75, 3.05) is 17.0 Å². The van der Waals surface area contributed by atoms with Gasteiger partial charge >= 0.3 is 0 Å². The standard InChI is InChI=1S/C21H15N3O5/c25-21-14-8-4-5-9-16(14)22-20(23(21)13-6-2-1-3-7-13)15-10-18-19(29-12-28-18)11-17(15)24(26)27/h1-11,20,22H,12H2/t20-/m0/s1. The van der Waals surface area contributed by atoms with Gasteiger partial charge in [0, 0.05) is 11.4 Å². The third-order valence-corrected chi connectivity index (χ3v) is 4.97. The van der Waals surface area contributed by atoms with E-state index in [-0.39, 0.29) is 18.4 Å². The second-order valence-corrected chi connectivity index (χ2v) is 6.62. The largest absolute Gasteiger partial charge is 0.454 e. The Labute approximate surface area is 165 Å².